The third-order valence-electron chi connectivity index (χ3n) is 3.32. The minimum absolute atomic E-state index is 0.186. The molecule has 1 aromatic heterocycles. The first-order valence-electron chi connectivity index (χ1n) is 6.54. The largest absolute Gasteiger partial charge is 0.247 e. The van der Waals surface area contributed by atoms with Crippen LogP contribution in [0.25, 0.3) is 32.6 Å². The third kappa shape index (κ3) is 2.72. The molecule has 0 spiro atoms. The van der Waals surface area contributed by atoms with Crippen LogP contribution in [0.4, 0.5) is 0 Å². The van der Waals surface area contributed by atoms with Crippen LogP contribution in [0.5, 0.6) is 0 Å². The average Bonchev–Trinajstić information content (AvgIpc) is 2.53. The molecule has 0 N–H and O–H groups in total. The Bertz CT molecular complexity index is 902. The van der Waals surface area contributed by atoms with E-state index in [2.05, 4.69) is 15.0 Å². The van der Waals surface area contributed by atoms with Gasteiger partial charge in [0.2, 0.25) is 0 Å². The zero-order valence-corrected chi connectivity index (χ0v) is 12.9. The fourth-order valence-corrected chi connectivity index (χ4v) is 2.76. The molecule has 0 atom stereocenters. The number of halogens is 2. The molecule has 0 aliphatic carbocycles. The van der Waals surface area contributed by atoms with Crippen LogP contribution in [-0.2, 0) is 6.54 Å². The summed E-state index contributed by atoms with van der Waals surface area (Å²) in [5.41, 5.74) is 11.7. The lowest BCUT2D eigenvalue weighted by molar-refractivity contribution is 1.04. The fraction of sp³-hybridized carbons (Fsp3) is 0.0625. The smallest absolute Gasteiger partial charge is 0.0757 e. The number of rotatable bonds is 3. The maximum Gasteiger partial charge on any atom is 0.0757 e. The summed E-state index contributed by atoms with van der Waals surface area (Å²) in [6.07, 6.45) is 0. The molecular weight excluding hydrogens is 319 g/mol. The van der Waals surface area contributed by atoms with Crippen LogP contribution in [-0.4, -0.2) is 4.98 Å². The van der Waals surface area contributed by atoms with Crippen molar-refractivity contribution in [2.75, 3.05) is 0 Å². The van der Waals surface area contributed by atoms with Gasteiger partial charge in [-0.25, -0.2) is 4.98 Å². The molecule has 22 heavy (non-hydrogen) atoms. The number of hydrogen-bond donors (Lipinski definition) is 0. The SMILES string of the molecule is [N-]=[N+]=NCc1cc2c(Cl)cccc2nc1-c1ccccc1Cl. The van der Waals surface area contributed by atoms with Crippen molar-refractivity contribution < 1.29 is 0 Å². The van der Waals surface area contributed by atoms with Crippen molar-refractivity contribution in [3.63, 3.8) is 0 Å². The van der Waals surface area contributed by atoms with Crippen LogP contribution in [0.15, 0.2) is 53.6 Å². The Morgan fingerprint density at radius 1 is 1.05 bits per heavy atom. The van der Waals surface area contributed by atoms with Crippen LogP contribution < -0.4 is 0 Å². The predicted molar refractivity (Wildman–Crippen MR) is 90.0 cm³/mol. The first-order valence-corrected chi connectivity index (χ1v) is 7.30. The Morgan fingerprint density at radius 2 is 1.82 bits per heavy atom. The molecular formula is C16H10Cl2N4. The van der Waals surface area contributed by atoms with Gasteiger partial charge in [-0.1, -0.05) is 52.6 Å². The van der Waals surface area contributed by atoms with Crippen molar-refractivity contribution in [2.45, 2.75) is 6.54 Å². The molecule has 0 aliphatic heterocycles. The van der Waals surface area contributed by atoms with Crippen molar-refractivity contribution in [1.82, 2.24) is 4.98 Å². The molecule has 108 valence electrons. The van der Waals surface area contributed by atoms with E-state index in [1.165, 1.54) is 0 Å². The minimum atomic E-state index is 0.186. The number of pyridine rings is 1. The number of nitrogens with zero attached hydrogens (tertiary/aromatic N) is 4. The molecule has 0 unspecified atom stereocenters. The van der Waals surface area contributed by atoms with Gasteiger partial charge in [-0.05, 0) is 35.4 Å². The van der Waals surface area contributed by atoms with Gasteiger partial charge in [-0.3, -0.25) is 0 Å². The summed E-state index contributed by atoms with van der Waals surface area (Å²) < 4.78 is 0. The predicted octanol–water partition coefficient (Wildman–Crippen LogP) is 6.02. The van der Waals surface area contributed by atoms with Crippen LogP contribution in [0, 0.1) is 0 Å². The van der Waals surface area contributed by atoms with Crippen LogP contribution in [0.3, 0.4) is 0 Å². The van der Waals surface area contributed by atoms with Crippen molar-refractivity contribution in [2.24, 2.45) is 5.11 Å². The molecule has 0 radical (unpaired) electrons. The van der Waals surface area contributed by atoms with Crippen molar-refractivity contribution >= 4 is 34.1 Å². The Morgan fingerprint density at radius 3 is 2.59 bits per heavy atom. The molecule has 0 aliphatic rings. The number of fused-ring (bicyclic) bond motifs is 1. The van der Waals surface area contributed by atoms with E-state index < -0.39 is 0 Å². The second-order valence-electron chi connectivity index (χ2n) is 4.67. The lowest BCUT2D eigenvalue weighted by Gasteiger charge is -2.11. The Labute approximate surface area is 136 Å². The van der Waals surface area contributed by atoms with E-state index in [1.54, 1.807) is 12.1 Å². The van der Waals surface area contributed by atoms with Crippen LogP contribution in [0.2, 0.25) is 10.0 Å². The van der Waals surface area contributed by atoms with Gasteiger partial charge in [0, 0.05) is 25.9 Å². The Balaban J connectivity index is 2.31. The summed E-state index contributed by atoms with van der Waals surface area (Å²) >= 11 is 12.5. The van der Waals surface area contributed by atoms with Gasteiger partial charge in [0.15, 0.2) is 0 Å². The van der Waals surface area contributed by atoms with Gasteiger partial charge >= 0.3 is 0 Å². The fourth-order valence-electron chi connectivity index (χ4n) is 2.32. The zero-order chi connectivity index (χ0) is 15.5. The van der Waals surface area contributed by atoms with Gasteiger partial charge in [0.1, 0.15) is 0 Å². The van der Waals surface area contributed by atoms with E-state index in [0.29, 0.717) is 15.7 Å². The Kier molecular flexibility index (Phi) is 4.16. The average molecular weight is 329 g/mol. The molecule has 0 amide bonds. The van der Waals surface area contributed by atoms with Gasteiger partial charge in [-0.15, -0.1) is 0 Å². The topological polar surface area (TPSA) is 61.7 Å². The highest BCUT2D eigenvalue weighted by Crippen LogP contribution is 2.33. The van der Waals surface area contributed by atoms with E-state index in [4.69, 9.17) is 28.7 Å². The number of azide groups is 1. The van der Waals surface area contributed by atoms with Crippen molar-refractivity contribution in [3.05, 3.63) is 74.6 Å². The van der Waals surface area contributed by atoms with E-state index >= 15 is 0 Å². The van der Waals surface area contributed by atoms with Crippen molar-refractivity contribution in [3.8, 4) is 11.3 Å². The highest BCUT2D eigenvalue weighted by Gasteiger charge is 2.12. The quantitative estimate of drug-likeness (QED) is 0.329. The van der Waals surface area contributed by atoms with E-state index in [0.717, 1.165) is 22.0 Å². The van der Waals surface area contributed by atoms with Crippen LogP contribution in [0.1, 0.15) is 5.56 Å². The normalized spacial score (nSPS) is 10.5. The number of benzene rings is 2. The van der Waals surface area contributed by atoms with Gasteiger partial charge < -0.3 is 0 Å². The lowest BCUT2D eigenvalue weighted by Crippen LogP contribution is -1.94. The van der Waals surface area contributed by atoms with Crippen LogP contribution >= 0.6 is 23.2 Å². The maximum atomic E-state index is 8.60. The molecule has 0 saturated carbocycles. The minimum Gasteiger partial charge on any atom is -0.247 e. The molecule has 4 nitrogen and oxygen atoms in total. The molecule has 6 heteroatoms. The molecule has 2 aromatic carbocycles. The summed E-state index contributed by atoms with van der Waals surface area (Å²) in [4.78, 5) is 7.49. The highest BCUT2D eigenvalue weighted by molar-refractivity contribution is 6.35. The summed E-state index contributed by atoms with van der Waals surface area (Å²) in [6.45, 7) is 0.186. The van der Waals surface area contributed by atoms with Gasteiger partial charge in [0.25, 0.3) is 0 Å². The molecule has 0 fully saturated rings. The maximum absolute atomic E-state index is 8.60. The second-order valence-corrected chi connectivity index (χ2v) is 5.49. The summed E-state index contributed by atoms with van der Waals surface area (Å²) in [5.74, 6) is 0. The molecule has 3 aromatic rings. The Hall–Kier alpha value is -2.26. The first-order chi connectivity index (χ1) is 10.7. The van der Waals surface area contributed by atoms with Gasteiger partial charge in [0.05, 0.1) is 17.8 Å². The second kappa shape index (κ2) is 6.24. The monoisotopic (exact) mass is 328 g/mol. The molecule has 0 bridgehead atoms. The highest BCUT2D eigenvalue weighted by atomic mass is 35.5. The first kappa shape index (κ1) is 14.7. The van der Waals surface area contributed by atoms with E-state index in [9.17, 15) is 0 Å². The standard InChI is InChI=1S/C16H10Cl2N4/c17-13-5-2-1-4-11(13)16-10(9-20-22-19)8-12-14(18)6-3-7-15(12)21-16/h1-8H,9H2. The molecule has 1 heterocycles. The van der Waals surface area contributed by atoms with Crippen molar-refractivity contribution in [1.29, 1.82) is 0 Å². The van der Waals surface area contributed by atoms with Gasteiger partial charge in [-0.2, -0.15) is 0 Å². The summed E-state index contributed by atoms with van der Waals surface area (Å²) in [6, 6.07) is 14.9. The summed E-state index contributed by atoms with van der Waals surface area (Å²) in [5, 5.41) is 5.68. The van der Waals surface area contributed by atoms with E-state index in [1.807, 2.05) is 36.4 Å². The summed E-state index contributed by atoms with van der Waals surface area (Å²) in [7, 11) is 0. The lowest BCUT2D eigenvalue weighted by atomic mass is 10.0. The van der Waals surface area contributed by atoms with E-state index in [-0.39, 0.29) is 6.54 Å². The number of hydrogen-bond acceptors (Lipinski definition) is 2. The molecule has 3 rings (SSSR count). The third-order valence-corrected chi connectivity index (χ3v) is 3.98. The number of aromatic nitrogens is 1. The zero-order valence-electron chi connectivity index (χ0n) is 11.4. The molecule has 0 saturated heterocycles.